The molecule has 0 aliphatic carbocycles. The van der Waals surface area contributed by atoms with Crippen LogP contribution in [0.2, 0.25) is 0 Å². The van der Waals surface area contributed by atoms with E-state index in [4.69, 9.17) is 9.47 Å². The molecule has 0 unspecified atom stereocenters. The molecular weight excluding hydrogens is 490 g/mol. The summed E-state index contributed by atoms with van der Waals surface area (Å²) >= 11 is 0. The Labute approximate surface area is 223 Å². The van der Waals surface area contributed by atoms with E-state index in [1.54, 1.807) is 27.9 Å². The van der Waals surface area contributed by atoms with Gasteiger partial charge in [-0.2, -0.15) is 9.36 Å². The SMILES string of the molecule is CCn1nnn(CCN2CCC(COC)(N(C(=O)CCNC(=O)OC(C)(C)C)c3ccccc3)CC2)c1=O. The van der Waals surface area contributed by atoms with Crippen LogP contribution in [-0.2, 0) is 27.4 Å². The molecule has 12 heteroatoms. The van der Waals surface area contributed by atoms with Crippen molar-refractivity contribution in [2.45, 2.75) is 71.2 Å². The van der Waals surface area contributed by atoms with Gasteiger partial charge in [-0.25, -0.2) is 9.59 Å². The maximum absolute atomic E-state index is 13.7. The van der Waals surface area contributed by atoms with E-state index in [2.05, 4.69) is 20.6 Å². The van der Waals surface area contributed by atoms with Crippen molar-refractivity contribution in [2.75, 3.05) is 44.8 Å². The van der Waals surface area contributed by atoms with Gasteiger partial charge in [0.2, 0.25) is 5.91 Å². The summed E-state index contributed by atoms with van der Waals surface area (Å²) in [7, 11) is 1.65. The zero-order valence-corrected chi connectivity index (χ0v) is 23.2. The first kappa shape index (κ1) is 29.3. The van der Waals surface area contributed by atoms with Crippen molar-refractivity contribution in [3.8, 4) is 0 Å². The summed E-state index contributed by atoms with van der Waals surface area (Å²) in [6.07, 6.45) is 0.962. The van der Waals surface area contributed by atoms with Crippen molar-refractivity contribution in [1.82, 2.24) is 30.0 Å². The Bertz CT molecular complexity index is 1100. The number of likely N-dealkylation sites (tertiary alicyclic amines) is 1. The van der Waals surface area contributed by atoms with Gasteiger partial charge in [0, 0.05) is 51.9 Å². The number of tetrazole rings is 1. The molecule has 0 saturated carbocycles. The van der Waals surface area contributed by atoms with Crippen LogP contribution in [0.5, 0.6) is 0 Å². The molecule has 0 atom stereocenters. The zero-order chi connectivity index (χ0) is 27.8. The normalized spacial score (nSPS) is 15.7. The van der Waals surface area contributed by atoms with Gasteiger partial charge in [-0.05, 0) is 63.1 Å². The highest BCUT2D eigenvalue weighted by molar-refractivity contribution is 5.95. The Kier molecular flexibility index (Phi) is 10.0. The first-order valence-electron chi connectivity index (χ1n) is 13.2. The Morgan fingerprint density at radius 3 is 2.32 bits per heavy atom. The molecule has 1 aliphatic rings. The van der Waals surface area contributed by atoms with Crippen LogP contribution in [0.4, 0.5) is 10.5 Å². The van der Waals surface area contributed by atoms with Crippen LogP contribution in [0.3, 0.4) is 0 Å². The van der Waals surface area contributed by atoms with Gasteiger partial charge < -0.3 is 24.6 Å². The van der Waals surface area contributed by atoms with Gasteiger partial charge >= 0.3 is 11.8 Å². The van der Waals surface area contributed by atoms with Crippen molar-refractivity contribution in [3.05, 3.63) is 40.8 Å². The van der Waals surface area contributed by atoms with Crippen molar-refractivity contribution < 1.29 is 19.1 Å². The molecule has 210 valence electrons. The molecule has 1 fully saturated rings. The second-order valence-electron chi connectivity index (χ2n) is 10.5. The van der Waals surface area contributed by atoms with E-state index in [1.807, 2.05) is 42.2 Å². The number of methoxy groups -OCH3 is 1. The van der Waals surface area contributed by atoms with Crippen molar-refractivity contribution in [1.29, 1.82) is 0 Å². The Balaban J connectivity index is 1.69. The first-order valence-corrected chi connectivity index (χ1v) is 13.2. The van der Waals surface area contributed by atoms with Crippen molar-refractivity contribution in [3.63, 3.8) is 0 Å². The van der Waals surface area contributed by atoms with Crippen LogP contribution in [0, 0.1) is 0 Å². The average molecular weight is 532 g/mol. The number of nitrogens with zero attached hydrogens (tertiary/aromatic N) is 6. The highest BCUT2D eigenvalue weighted by Gasteiger charge is 2.43. The molecule has 38 heavy (non-hydrogen) atoms. The van der Waals surface area contributed by atoms with Crippen LogP contribution in [0.15, 0.2) is 35.1 Å². The van der Waals surface area contributed by atoms with Gasteiger partial charge in [-0.15, -0.1) is 0 Å². The molecule has 2 heterocycles. The average Bonchev–Trinajstić information content (AvgIpc) is 3.23. The fraction of sp³-hybridized carbons (Fsp3) is 0.654. The second-order valence-corrected chi connectivity index (χ2v) is 10.5. The van der Waals surface area contributed by atoms with Gasteiger partial charge in [0.15, 0.2) is 0 Å². The number of aryl methyl sites for hydroxylation is 1. The minimum absolute atomic E-state index is 0.0968. The van der Waals surface area contributed by atoms with Crippen molar-refractivity contribution >= 4 is 17.7 Å². The number of para-hydroxylation sites is 1. The van der Waals surface area contributed by atoms with Gasteiger partial charge in [0.1, 0.15) is 5.60 Å². The summed E-state index contributed by atoms with van der Waals surface area (Å²) in [5.41, 5.74) is -0.569. The third-order valence-electron chi connectivity index (χ3n) is 6.57. The molecular formula is C26H41N7O5. The van der Waals surface area contributed by atoms with E-state index in [0.717, 1.165) is 18.8 Å². The van der Waals surface area contributed by atoms with Gasteiger partial charge in [0.25, 0.3) is 0 Å². The lowest BCUT2D eigenvalue weighted by atomic mass is 9.85. The number of ether oxygens (including phenoxy) is 2. The lowest BCUT2D eigenvalue weighted by molar-refractivity contribution is -0.120. The maximum atomic E-state index is 13.7. The number of hydrogen-bond acceptors (Lipinski definition) is 8. The van der Waals surface area contributed by atoms with E-state index in [-0.39, 0.29) is 24.6 Å². The summed E-state index contributed by atoms with van der Waals surface area (Å²) in [6, 6.07) is 9.58. The number of benzene rings is 1. The largest absolute Gasteiger partial charge is 0.444 e. The second kappa shape index (κ2) is 13.0. The topological polar surface area (TPSA) is 124 Å². The van der Waals surface area contributed by atoms with E-state index in [0.29, 0.717) is 39.1 Å². The first-order chi connectivity index (χ1) is 18.1. The van der Waals surface area contributed by atoms with Crippen LogP contribution in [-0.4, -0.2) is 87.7 Å². The zero-order valence-electron chi connectivity index (χ0n) is 23.2. The molecule has 1 saturated heterocycles. The van der Waals surface area contributed by atoms with Crippen LogP contribution >= 0.6 is 0 Å². The molecule has 1 aromatic carbocycles. The summed E-state index contributed by atoms with van der Waals surface area (Å²) in [6.45, 7) is 10.8. The molecule has 0 spiro atoms. The summed E-state index contributed by atoms with van der Waals surface area (Å²) in [5.74, 6) is -0.0968. The summed E-state index contributed by atoms with van der Waals surface area (Å²) < 4.78 is 13.7. The number of anilines is 1. The van der Waals surface area contributed by atoms with E-state index < -0.39 is 17.2 Å². The van der Waals surface area contributed by atoms with E-state index >= 15 is 0 Å². The van der Waals surface area contributed by atoms with Gasteiger partial charge in [-0.1, -0.05) is 18.2 Å². The quantitative estimate of drug-likeness (QED) is 0.466. The van der Waals surface area contributed by atoms with E-state index in [1.165, 1.54) is 9.36 Å². The van der Waals surface area contributed by atoms with Gasteiger partial charge in [-0.3, -0.25) is 4.79 Å². The third-order valence-corrected chi connectivity index (χ3v) is 6.57. The number of hydrogen-bond donors (Lipinski definition) is 1. The number of aromatic nitrogens is 4. The van der Waals surface area contributed by atoms with E-state index in [9.17, 15) is 14.4 Å². The minimum Gasteiger partial charge on any atom is -0.444 e. The molecule has 0 bridgehead atoms. The van der Waals surface area contributed by atoms with Gasteiger partial charge in [0.05, 0.1) is 18.7 Å². The Morgan fingerprint density at radius 2 is 1.74 bits per heavy atom. The smallest absolute Gasteiger partial charge is 0.407 e. The predicted octanol–water partition coefficient (Wildman–Crippen LogP) is 1.89. The Hall–Kier alpha value is -3.25. The molecule has 3 rings (SSSR count). The number of rotatable bonds is 11. The number of nitrogens with one attached hydrogen (secondary N) is 1. The number of alkyl carbamates (subject to hydrolysis) is 1. The lowest BCUT2D eigenvalue weighted by Crippen LogP contribution is -2.60. The molecule has 1 N–H and O–H groups in total. The molecule has 0 radical (unpaired) electrons. The maximum Gasteiger partial charge on any atom is 0.407 e. The number of amides is 2. The molecule has 1 aromatic heterocycles. The standard InChI is InChI=1S/C26H41N7O5/c1-6-31-24(36)32(29-28-31)19-18-30-16-13-26(14-17-30,20-37-5)33(21-10-8-7-9-11-21)22(34)12-15-27-23(35)38-25(2,3)4/h7-11H,6,12-20H2,1-5H3,(H,27,35). The third kappa shape index (κ3) is 7.64. The molecule has 12 nitrogen and oxygen atoms in total. The lowest BCUT2D eigenvalue weighted by Gasteiger charge is -2.48. The van der Waals surface area contributed by atoms with Crippen LogP contribution in [0.25, 0.3) is 0 Å². The summed E-state index contributed by atoms with van der Waals surface area (Å²) in [5, 5.41) is 10.5. The fourth-order valence-electron chi connectivity index (χ4n) is 4.73. The highest BCUT2D eigenvalue weighted by atomic mass is 16.6. The number of carbonyl (C=O) groups excluding carboxylic acids is 2. The summed E-state index contributed by atoms with van der Waals surface area (Å²) in [4.78, 5) is 42.1. The van der Waals surface area contributed by atoms with Crippen LogP contribution < -0.4 is 15.9 Å². The molecule has 1 aliphatic heterocycles. The van der Waals surface area contributed by atoms with Crippen molar-refractivity contribution in [2.24, 2.45) is 0 Å². The Morgan fingerprint density at radius 1 is 1.08 bits per heavy atom. The molecule has 2 amide bonds. The fourth-order valence-corrected chi connectivity index (χ4v) is 4.73. The highest BCUT2D eigenvalue weighted by Crippen LogP contribution is 2.34. The van der Waals surface area contributed by atoms with Crippen LogP contribution in [0.1, 0.15) is 47.0 Å². The number of piperidine rings is 1. The number of carbonyl (C=O) groups is 2. The monoisotopic (exact) mass is 531 g/mol. The predicted molar refractivity (Wildman–Crippen MR) is 143 cm³/mol. The molecule has 2 aromatic rings. The minimum atomic E-state index is -0.610.